The Morgan fingerprint density at radius 2 is 2.06 bits per heavy atom. The van der Waals surface area contributed by atoms with Gasteiger partial charge in [-0.15, -0.1) is 6.58 Å². The van der Waals surface area contributed by atoms with E-state index in [4.69, 9.17) is 4.74 Å². The van der Waals surface area contributed by atoms with Crippen molar-refractivity contribution < 1.29 is 4.74 Å². The number of likely N-dealkylation sites (N-methyl/N-ethyl adjacent to an activating group) is 1. The third-order valence-electron chi connectivity index (χ3n) is 3.65. The summed E-state index contributed by atoms with van der Waals surface area (Å²) in [6.07, 6.45) is 9.18. The summed E-state index contributed by atoms with van der Waals surface area (Å²) in [6.45, 7) is 8.12. The molecule has 0 bridgehead atoms. The highest BCUT2D eigenvalue weighted by atomic mass is 16.5. The van der Waals surface area contributed by atoms with E-state index in [0.717, 1.165) is 12.8 Å². The van der Waals surface area contributed by atoms with Gasteiger partial charge in [-0.25, -0.2) is 0 Å². The minimum atomic E-state index is -0.0345. The fraction of sp³-hybridized carbons (Fsp3) is 0.857. The standard InChI is InChI=1S/C14H29NO/c1-6-8-9-10-11-12-13(15-4)14(3,7-2)16-5/h6,13,15H,1,7-12H2,2-5H3. The molecule has 0 saturated carbocycles. The first-order chi connectivity index (χ1) is 7.64. The summed E-state index contributed by atoms with van der Waals surface area (Å²) in [4.78, 5) is 0. The lowest BCUT2D eigenvalue weighted by Gasteiger charge is -2.35. The van der Waals surface area contributed by atoms with Crippen molar-refractivity contribution in [3.8, 4) is 0 Å². The van der Waals surface area contributed by atoms with Crippen LogP contribution >= 0.6 is 0 Å². The Labute approximate surface area is 101 Å². The van der Waals surface area contributed by atoms with Gasteiger partial charge >= 0.3 is 0 Å². The third kappa shape index (κ3) is 5.13. The zero-order valence-electron chi connectivity index (χ0n) is 11.5. The van der Waals surface area contributed by atoms with Crippen molar-refractivity contribution in [2.75, 3.05) is 14.2 Å². The molecule has 0 radical (unpaired) electrons. The first kappa shape index (κ1) is 15.7. The fourth-order valence-electron chi connectivity index (χ4n) is 2.10. The van der Waals surface area contributed by atoms with E-state index in [0.29, 0.717) is 6.04 Å². The molecule has 16 heavy (non-hydrogen) atoms. The van der Waals surface area contributed by atoms with E-state index in [1.54, 1.807) is 0 Å². The van der Waals surface area contributed by atoms with Gasteiger partial charge in [-0.05, 0) is 39.7 Å². The highest BCUT2D eigenvalue weighted by molar-refractivity contribution is 4.87. The molecular weight excluding hydrogens is 198 g/mol. The van der Waals surface area contributed by atoms with E-state index >= 15 is 0 Å². The van der Waals surface area contributed by atoms with Crippen LogP contribution in [0.2, 0.25) is 0 Å². The number of methoxy groups -OCH3 is 1. The maximum Gasteiger partial charge on any atom is 0.0800 e. The van der Waals surface area contributed by atoms with Crippen molar-refractivity contribution in [3.63, 3.8) is 0 Å². The second-order valence-corrected chi connectivity index (χ2v) is 4.64. The highest BCUT2D eigenvalue weighted by Gasteiger charge is 2.30. The molecule has 2 atom stereocenters. The van der Waals surface area contributed by atoms with Crippen molar-refractivity contribution in [1.82, 2.24) is 5.32 Å². The molecule has 0 spiro atoms. The van der Waals surface area contributed by atoms with Gasteiger partial charge in [0.15, 0.2) is 0 Å². The average molecular weight is 227 g/mol. The van der Waals surface area contributed by atoms with E-state index < -0.39 is 0 Å². The molecule has 0 heterocycles. The molecule has 1 N–H and O–H groups in total. The lowest BCUT2D eigenvalue weighted by molar-refractivity contribution is -0.0297. The number of hydrogen-bond donors (Lipinski definition) is 1. The van der Waals surface area contributed by atoms with E-state index in [1.807, 2.05) is 20.2 Å². The van der Waals surface area contributed by atoms with Gasteiger partial charge in [-0.3, -0.25) is 0 Å². The van der Waals surface area contributed by atoms with Crippen molar-refractivity contribution in [2.45, 2.75) is 64.0 Å². The van der Waals surface area contributed by atoms with Crippen LogP contribution in [0.25, 0.3) is 0 Å². The van der Waals surface area contributed by atoms with Gasteiger partial charge in [-0.1, -0.05) is 25.8 Å². The molecule has 2 nitrogen and oxygen atoms in total. The van der Waals surface area contributed by atoms with Gasteiger partial charge in [0, 0.05) is 13.2 Å². The highest BCUT2D eigenvalue weighted by Crippen LogP contribution is 2.23. The van der Waals surface area contributed by atoms with E-state index in [2.05, 4.69) is 25.7 Å². The van der Waals surface area contributed by atoms with Crippen LogP contribution < -0.4 is 5.32 Å². The smallest absolute Gasteiger partial charge is 0.0800 e. The molecule has 2 unspecified atom stereocenters. The summed E-state index contributed by atoms with van der Waals surface area (Å²) in [6, 6.07) is 0.450. The van der Waals surface area contributed by atoms with E-state index in [9.17, 15) is 0 Å². The quantitative estimate of drug-likeness (QED) is 0.455. The normalized spacial score (nSPS) is 16.8. The van der Waals surface area contributed by atoms with Crippen molar-refractivity contribution in [1.29, 1.82) is 0 Å². The Hall–Kier alpha value is -0.340. The fourth-order valence-corrected chi connectivity index (χ4v) is 2.10. The Bertz CT molecular complexity index is 176. The van der Waals surface area contributed by atoms with Gasteiger partial charge in [-0.2, -0.15) is 0 Å². The van der Waals surface area contributed by atoms with Crippen LogP contribution in [-0.4, -0.2) is 25.8 Å². The second kappa shape index (κ2) is 8.77. The van der Waals surface area contributed by atoms with Crippen molar-refractivity contribution in [2.24, 2.45) is 0 Å². The number of unbranched alkanes of at least 4 members (excludes halogenated alkanes) is 3. The van der Waals surface area contributed by atoms with Crippen LogP contribution in [-0.2, 0) is 4.74 Å². The van der Waals surface area contributed by atoms with Crippen LogP contribution in [0.5, 0.6) is 0 Å². The van der Waals surface area contributed by atoms with Crippen LogP contribution in [0, 0.1) is 0 Å². The van der Waals surface area contributed by atoms with Crippen LogP contribution in [0.4, 0.5) is 0 Å². The molecule has 0 saturated heterocycles. The first-order valence-corrected chi connectivity index (χ1v) is 6.48. The molecule has 0 fully saturated rings. The lowest BCUT2D eigenvalue weighted by Crippen LogP contribution is -2.48. The Balaban J connectivity index is 3.94. The summed E-state index contributed by atoms with van der Waals surface area (Å²) in [5.74, 6) is 0. The molecule has 0 aliphatic rings. The Kier molecular flexibility index (Phi) is 8.58. The van der Waals surface area contributed by atoms with Crippen molar-refractivity contribution >= 4 is 0 Å². The molecule has 0 aliphatic heterocycles. The molecule has 0 rings (SSSR count). The zero-order chi connectivity index (χ0) is 12.4. The molecule has 0 aliphatic carbocycles. The van der Waals surface area contributed by atoms with Crippen LogP contribution in [0.3, 0.4) is 0 Å². The number of allylic oxidation sites excluding steroid dienone is 1. The largest absolute Gasteiger partial charge is 0.377 e. The summed E-state index contributed by atoms with van der Waals surface area (Å²) in [5.41, 5.74) is -0.0345. The maximum absolute atomic E-state index is 5.64. The van der Waals surface area contributed by atoms with Crippen LogP contribution in [0.15, 0.2) is 12.7 Å². The number of ether oxygens (including phenoxy) is 1. The lowest BCUT2D eigenvalue weighted by atomic mass is 9.89. The molecule has 96 valence electrons. The summed E-state index contributed by atoms with van der Waals surface area (Å²) in [5, 5.41) is 3.39. The molecule has 0 amide bonds. The minimum absolute atomic E-state index is 0.0345. The number of nitrogens with one attached hydrogen (secondary N) is 1. The average Bonchev–Trinajstić information content (AvgIpc) is 2.33. The first-order valence-electron chi connectivity index (χ1n) is 6.48. The minimum Gasteiger partial charge on any atom is -0.377 e. The second-order valence-electron chi connectivity index (χ2n) is 4.64. The molecule has 2 heteroatoms. The van der Waals surface area contributed by atoms with Crippen LogP contribution in [0.1, 0.15) is 52.4 Å². The van der Waals surface area contributed by atoms with E-state index in [1.165, 1.54) is 25.7 Å². The van der Waals surface area contributed by atoms with Gasteiger partial charge < -0.3 is 10.1 Å². The molecule has 0 aromatic heterocycles. The number of rotatable bonds is 10. The molecule has 0 aromatic carbocycles. The summed E-state index contributed by atoms with van der Waals surface area (Å²) in [7, 11) is 3.84. The topological polar surface area (TPSA) is 21.3 Å². The molecular formula is C14H29NO. The van der Waals surface area contributed by atoms with Gasteiger partial charge in [0.05, 0.1) is 5.60 Å². The maximum atomic E-state index is 5.64. The Morgan fingerprint density at radius 1 is 1.38 bits per heavy atom. The number of hydrogen-bond acceptors (Lipinski definition) is 2. The van der Waals surface area contributed by atoms with Gasteiger partial charge in [0.2, 0.25) is 0 Å². The summed E-state index contributed by atoms with van der Waals surface area (Å²) < 4.78 is 5.64. The predicted octanol–water partition coefficient (Wildman–Crippen LogP) is 3.53. The van der Waals surface area contributed by atoms with Gasteiger partial charge in [0.1, 0.15) is 0 Å². The Morgan fingerprint density at radius 3 is 2.50 bits per heavy atom. The SMILES string of the molecule is C=CCCCCCC(NC)C(C)(CC)OC. The van der Waals surface area contributed by atoms with Crippen molar-refractivity contribution in [3.05, 3.63) is 12.7 Å². The molecule has 0 aromatic rings. The predicted molar refractivity (Wildman–Crippen MR) is 71.8 cm³/mol. The zero-order valence-corrected chi connectivity index (χ0v) is 11.5. The third-order valence-corrected chi connectivity index (χ3v) is 3.65. The summed E-state index contributed by atoms with van der Waals surface area (Å²) >= 11 is 0. The van der Waals surface area contributed by atoms with Gasteiger partial charge in [0.25, 0.3) is 0 Å². The van der Waals surface area contributed by atoms with E-state index in [-0.39, 0.29) is 5.60 Å². The monoisotopic (exact) mass is 227 g/mol.